The number of rotatable bonds is 8. The molecule has 45 heavy (non-hydrogen) atoms. The number of fused-ring (bicyclic) bond motifs is 1. The van der Waals surface area contributed by atoms with Gasteiger partial charge in [-0.1, -0.05) is 48.5 Å². The topological polar surface area (TPSA) is 119 Å². The van der Waals surface area contributed by atoms with Crippen LogP contribution in [0.25, 0.3) is 39.5 Å². The first-order chi connectivity index (χ1) is 22.1. The third kappa shape index (κ3) is 5.73. The summed E-state index contributed by atoms with van der Waals surface area (Å²) in [7, 11) is 0. The minimum atomic E-state index is -0.0597. The van der Waals surface area contributed by atoms with E-state index in [-0.39, 0.29) is 17.4 Å². The van der Waals surface area contributed by atoms with Crippen molar-refractivity contribution in [1.82, 2.24) is 24.4 Å². The fourth-order valence-corrected chi connectivity index (χ4v) is 5.89. The summed E-state index contributed by atoms with van der Waals surface area (Å²) >= 11 is 0. The molecule has 1 aliphatic heterocycles. The lowest BCUT2D eigenvalue weighted by Gasteiger charge is -2.32. The molecule has 0 bridgehead atoms. The van der Waals surface area contributed by atoms with E-state index < -0.39 is 0 Å². The van der Waals surface area contributed by atoms with E-state index in [2.05, 4.69) is 38.7 Å². The summed E-state index contributed by atoms with van der Waals surface area (Å²) in [6.07, 6.45) is 3.97. The molecule has 9 nitrogen and oxygen atoms in total. The second-order valence-electron chi connectivity index (χ2n) is 11.2. The van der Waals surface area contributed by atoms with Crippen LogP contribution in [-0.4, -0.2) is 55.0 Å². The number of aromatic nitrogens is 4. The Morgan fingerprint density at radius 3 is 2.44 bits per heavy atom. The van der Waals surface area contributed by atoms with Gasteiger partial charge < -0.3 is 15.6 Å². The summed E-state index contributed by atoms with van der Waals surface area (Å²) in [5.74, 6) is 1.47. The first kappa shape index (κ1) is 28.2. The number of pyridine rings is 2. The number of benzene rings is 3. The Balaban J connectivity index is 1.12. The smallest absolute Gasteiger partial charge is 0.165 e. The summed E-state index contributed by atoms with van der Waals surface area (Å²) in [4.78, 5) is 28.1. The Morgan fingerprint density at radius 2 is 1.69 bits per heavy atom. The van der Waals surface area contributed by atoms with Crippen molar-refractivity contribution < 1.29 is 14.6 Å². The van der Waals surface area contributed by atoms with Crippen LogP contribution in [0.4, 0.5) is 5.82 Å². The van der Waals surface area contributed by atoms with Gasteiger partial charge in [-0.2, -0.15) is 0 Å². The largest absolute Gasteiger partial charge is 0.507 e. The van der Waals surface area contributed by atoms with Crippen molar-refractivity contribution >= 4 is 23.3 Å². The van der Waals surface area contributed by atoms with Gasteiger partial charge in [0.2, 0.25) is 0 Å². The molecule has 9 heteroatoms. The first-order valence-electron chi connectivity index (χ1n) is 15.0. The maximum absolute atomic E-state index is 11.4. The lowest BCUT2D eigenvalue weighted by atomic mass is 10.1. The number of aromatic hydroxyl groups is 1. The molecule has 3 aromatic heterocycles. The Morgan fingerprint density at radius 1 is 0.889 bits per heavy atom. The van der Waals surface area contributed by atoms with Gasteiger partial charge in [-0.25, -0.2) is 15.0 Å². The average molecular weight is 597 g/mol. The van der Waals surface area contributed by atoms with Crippen molar-refractivity contribution in [2.75, 3.05) is 18.8 Å². The molecule has 7 rings (SSSR count). The highest BCUT2D eigenvalue weighted by Crippen LogP contribution is 2.32. The van der Waals surface area contributed by atoms with Gasteiger partial charge in [-0.3, -0.25) is 14.3 Å². The molecule has 0 unspecified atom stereocenters. The molecule has 6 aromatic rings. The standard InChI is InChI=1S/C36H32N6O3/c37-34-28(8-5-19-38-34)35-40-31-16-15-30(25-6-2-1-3-7-25)39-36(31)42(35)26-13-11-24(12-14-26)22-41-20-17-27(18-21-41)45-33-10-4-9-32(44)29(33)23-43/h1-16,19,23,27,44H,17-18,20-22H2,(H2,37,38). The van der Waals surface area contributed by atoms with Gasteiger partial charge in [-0.05, 0) is 66.9 Å². The summed E-state index contributed by atoms with van der Waals surface area (Å²) in [6.45, 7) is 2.54. The third-order valence-corrected chi connectivity index (χ3v) is 8.24. The number of nitrogens with two attached hydrogens (primary N) is 1. The molecule has 1 aliphatic rings. The number of anilines is 1. The molecule has 1 saturated heterocycles. The quantitative estimate of drug-likeness (QED) is 0.197. The molecule has 3 aromatic carbocycles. The Labute approximate surface area is 260 Å². The second-order valence-corrected chi connectivity index (χ2v) is 11.2. The van der Waals surface area contributed by atoms with Gasteiger partial charge >= 0.3 is 0 Å². The molecule has 1 fully saturated rings. The highest BCUT2D eigenvalue weighted by molar-refractivity contribution is 5.85. The minimum absolute atomic E-state index is 0.00902. The summed E-state index contributed by atoms with van der Waals surface area (Å²) < 4.78 is 8.15. The van der Waals surface area contributed by atoms with Crippen LogP contribution in [0.15, 0.2) is 103 Å². The summed E-state index contributed by atoms with van der Waals surface area (Å²) in [5, 5.41) is 9.97. The van der Waals surface area contributed by atoms with Crippen LogP contribution >= 0.6 is 0 Å². The van der Waals surface area contributed by atoms with Gasteiger partial charge in [0.25, 0.3) is 0 Å². The minimum Gasteiger partial charge on any atom is -0.507 e. The number of hydrogen-bond acceptors (Lipinski definition) is 8. The fourth-order valence-electron chi connectivity index (χ4n) is 5.89. The predicted molar refractivity (Wildman–Crippen MR) is 174 cm³/mol. The third-order valence-electron chi connectivity index (χ3n) is 8.24. The van der Waals surface area contributed by atoms with Crippen LogP contribution in [-0.2, 0) is 6.54 Å². The summed E-state index contributed by atoms with van der Waals surface area (Å²) in [6, 6.07) is 31.3. The molecular formula is C36H32N6O3. The number of nitrogen functional groups attached to an aromatic ring is 1. The Kier molecular flexibility index (Phi) is 7.67. The van der Waals surface area contributed by atoms with E-state index in [1.807, 2.05) is 54.6 Å². The highest BCUT2D eigenvalue weighted by Gasteiger charge is 2.23. The van der Waals surface area contributed by atoms with E-state index in [1.165, 1.54) is 11.6 Å². The molecule has 0 aliphatic carbocycles. The van der Waals surface area contributed by atoms with E-state index in [9.17, 15) is 9.90 Å². The molecule has 224 valence electrons. The Hall–Kier alpha value is -5.54. The number of hydrogen-bond donors (Lipinski definition) is 2. The van der Waals surface area contributed by atoms with E-state index in [1.54, 1.807) is 18.3 Å². The molecule has 3 N–H and O–H groups in total. The zero-order chi connectivity index (χ0) is 30.8. The van der Waals surface area contributed by atoms with Crippen molar-refractivity contribution in [3.63, 3.8) is 0 Å². The van der Waals surface area contributed by atoms with Crippen LogP contribution in [0.1, 0.15) is 28.8 Å². The lowest BCUT2D eigenvalue weighted by molar-refractivity contribution is 0.0944. The molecule has 0 radical (unpaired) electrons. The monoisotopic (exact) mass is 596 g/mol. The van der Waals surface area contributed by atoms with Gasteiger partial charge in [0.1, 0.15) is 28.9 Å². The van der Waals surface area contributed by atoms with Gasteiger partial charge in [0.05, 0.1) is 16.8 Å². The number of phenols is 1. The molecular weight excluding hydrogens is 564 g/mol. The van der Waals surface area contributed by atoms with E-state index in [0.29, 0.717) is 23.7 Å². The van der Waals surface area contributed by atoms with Crippen molar-refractivity contribution in [3.05, 3.63) is 114 Å². The number of phenolic OH excluding ortho intramolecular Hbond substituents is 1. The number of likely N-dealkylation sites (tertiary alicyclic amines) is 1. The van der Waals surface area contributed by atoms with Crippen LogP contribution in [0.3, 0.4) is 0 Å². The number of nitrogens with zero attached hydrogens (tertiary/aromatic N) is 5. The predicted octanol–water partition coefficient (Wildman–Crippen LogP) is 6.29. The number of aldehydes is 1. The molecule has 0 saturated carbocycles. The van der Waals surface area contributed by atoms with Crippen LogP contribution in [0.2, 0.25) is 0 Å². The van der Waals surface area contributed by atoms with E-state index in [0.717, 1.165) is 66.1 Å². The lowest BCUT2D eigenvalue weighted by Crippen LogP contribution is -2.37. The normalized spacial score (nSPS) is 14.0. The van der Waals surface area contributed by atoms with Crippen molar-refractivity contribution in [1.29, 1.82) is 0 Å². The van der Waals surface area contributed by atoms with Gasteiger partial charge in [0, 0.05) is 37.1 Å². The molecule has 4 heterocycles. The first-order valence-corrected chi connectivity index (χ1v) is 15.0. The Bertz CT molecular complexity index is 1970. The zero-order valence-electron chi connectivity index (χ0n) is 24.6. The van der Waals surface area contributed by atoms with Crippen LogP contribution in [0, 0.1) is 0 Å². The van der Waals surface area contributed by atoms with E-state index in [4.69, 9.17) is 20.4 Å². The zero-order valence-corrected chi connectivity index (χ0v) is 24.6. The number of piperidine rings is 1. The maximum atomic E-state index is 11.4. The van der Waals surface area contributed by atoms with Gasteiger partial charge in [-0.15, -0.1) is 0 Å². The highest BCUT2D eigenvalue weighted by atomic mass is 16.5. The summed E-state index contributed by atoms with van der Waals surface area (Å²) in [5.41, 5.74) is 12.8. The average Bonchev–Trinajstić information content (AvgIpc) is 3.45. The number of carbonyl (C=O) groups is 1. The number of imidazole rings is 1. The van der Waals surface area contributed by atoms with Crippen LogP contribution in [0.5, 0.6) is 11.5 Å². The van der Waals surface area contributed by atoms with Crippen molar-refractivity contribution in [2.24, 2.45) is 0 Å². The van der Waals surface area contributed by atoms with E-state index >= 15 is 0 Å². The number of ether oxygens (including phenoxy) is 1. The second kappa shape index (κ2) is 12.2. The van der Waals surface area contributed by atoms with Crippen molar-refractivity contribution in [2.45, 2.75) is 25.5 Å². The van der Waals surface area contributed by atoms with Gasteiger partial charge in [0.15, 0.2) is 17.8 Å². The van der Waals surface area contributed by atoms with Crippen molar-refractivity contribution in [3.8, 4) is 39.8 Å². The SMILES string of the molecule is Nc1ncccc1-c1nc2ccc(-c3ccccc3)nc2n1-c1ccc(CN2CCC(Oc3cccc(O)c3C=O)CC2)cc1. The molecule has 0 amide bonds. The fraction of sp³-hybridized carbons (Fsp3) is 0.167. The molecule has 0 atom stereocenters. The van der Waals surface area contributed by atoms with Crippen LogP contribution < -0.4 is 10.5 Å². The number of carbonyl (C=O) groups excluding carboxylic acids is 1. The maximum Gasteiger partial charge on any atom is 0.165 e. The molecule has 0 spiro atoms.